The summed E-state index contributed by atoms with van der Waals surface area (Å²) in [5.74, 6) is 0.813. The van der Waals surface area contributed by atoms with Gasteiger partial charge in [-0.1, -0.05) is 0 Å². The fraction of sp³-hybridized carbons (Fsp3) is 0.500. The fourth-order valence-electron chi connectivity index (χ4n) is 1.88. The topological polar surface area (TPSA) is 72.1 Å². The molecule has 7 nitrogen and oxygen atoms in total. The molecule has 0 aliphatic rings. The Morgan fingerprint density at radius 3 is 2.67 bits per heavy atom. The second-order valence-electron chi connectivity index (χ2n) is 4.88. The fourth-order valence-corrected chi connectivity index (χ4v) is 2.03. The summed E-state index contributed by atoms with van der Waals surface area (Å²) in [4.78, 5) is 12.3. The first-order chi connectivity index (χ1) is 11.5. The highest BCUT2D eigenvalue weighted by Crippen LogP contribution is 2.27. The molecule has 0 saturated heterocycles. The molecule has 0 atom stereocenters. The summed E-state index contributed by atoms with van der Waals surface area (Å²) in [6, 6.07) is 5.01. The number of benzene rings is 1. The van der Waals surface area contributed by atoms with E-state index in [1.807, 2.05) is 6.92 Å². The van der Waals surface area contributed by atoms with Gasteiger partial charge in [-0.2, -0.15) is 0 Å². The third-order valence-electron chi connectivity index (χ3n) is 3.10. The van der Waals surface area contributed by atoms with Gasteiger partial charge < -0.3 is 19.5 Å². The van der Waals surface area contributed by atoms with Crippen LogP contribution in [0, 0.1) is 0 Å². The van der Waals surface area contributed by atoms with Crippen molar-refractivity contribution in [3.63, 3.8) is 0 Å². The third kappa shape index (κ3) is 6.21. The largest absolute Gasteiger partial charge is 0.493 e. The lowest BCUT2D eigenvalue weighted by Gasteiger charge is -2.22. The van der Waals surface area contributed by atoms with Crippen LogP contribution in [0.4, 0.5) is 0 Å². The Morgan fingerprint density at radius 2 is 2.04 bits per heavy atom. The van der Waals surface area contributed by atoms with Crippen molar-refractivity contribution in [2.75, 3.05) is 41.0 Å². The summed E-state index contributed by atoms with van der Waals surface area (Å²) in [5.41, 5.74) is 3.15. The van der Waals surface area contributed by atoms with Gasteiger partial charge in [-0.15, -0.1) is 0 Å². The molecular formula is C16H25N3O4S. The first-order valence-corrected chi connectivity index (χ1v) is 8.06. The van der Waals surface area contributed by atoms with Crippen LogP contribution in [0.3, 0.4) is 0 Å². The Labute approximate surface area is 148 Å². The molecule has 0 aromatic heterocycles. The van der Waals surface area contributed by atoms with E-state index in [4.69, 9.17) is 26.4 Å². The molecule has 0 heterocycles. The molecule has 0 radical (unpaired) electrons. The molecule has 8 heteroatoms. The number of amides is 1. The number of rotatable bonds is 8. The number of hydrazine groups is 1. The number of nitrogens with one attached hydrogen (secondary N) is 2. The van der Waals surface area contributed by atoms with Gasteiger partial charge in [0.2, 0.25) is 0 Å². The molecule has 0 bridgehead atoms. The Kier molecular flexibility index (Phi) is 8.88. The maximum absolute atomic E-state index is 12.3. The summed E-state index contributed by atoms with van der Waals surface area (Å²) < 4.78 is 15.7. The minimum atomic E-state index is -0.292. The highest BCUT2D eigenvalue weighted by Gasteiger charge is 2.13. The minimum absolute atomic E-state index is 0.292. The average molecular weight is 355 g/mol. The van der Waals surface area contributed by atoms with Crippen molar-refractivity contribution in [3.05, 3.63) is 23.8 Å². The lowest BCUT2D eigenvalue weighted by Crippen LogP contribution is -2.48. The van der Waals surface area contributed by atoms with Crippen LogP contribution in [0.2, 0.25) is 0 Å². The van der Waals surface area contributed by atoms with Gasteiger partial charge in [0.1, 0.15) is 0 Å². The summed E-state index contributed by atoms with van der Waals surface area (Å²) >= 11 is 5.21. The van der Waals surface area contributed by atoms with E-state index in [2.05, 4.69) is 10.7 Å². The van der Waals surface area contributed by atoms with E-state index in [9.17, 15) is 4.79 Å². The number of nitrogens with zero attached hydrogens (tertiary/aromatic N) is 1. The monoisotopic (exact) mass is 355 g/mol. The van der Waals surface area contributed by atoms with E-state index in [0.717, 1.165) is 6.42 Å². The van der Waals surface area contributed by atoms with Crippen LogP contribution < -0.4 is 20.2 Å². The van der Waals surface area contributed by atoms with Crippen molar-refractivity contribution in [1.82, 2.24) is 15.8 Å². The number of carbonyl (C=O) groups is 1. The van der Waals surface area contributed by atoms with Crippen molar-refractivity contribution in [2.45, 2.75) is 13.3 Å². The van der Waals surface area contributed by atoms with Crippen LogP contribution in [0.1, 0.15) is 23.7 Å². The van der Waals surface area contributed by atoms with Gasteiger partial charge in [-0.3, -0.25) is 15.2 Å². The summed E-state index contributed by atoms with van der Waals surface area (Å²) in [6.07, 6.45) is 0.828. The van der Waals surface area contributed by atoms with Crippen molar-refractivity contribution in [1.29, 1.82) is 0 Å². The van der Waals surface area contributed by atoms with E-state index in [1.165, 1.54) is 12.1 Å². The first-order valence-electron chi connectivity index (χ1n) is 7.65. The number of hydrogen-bond acceptors (Lipinski definition) is 5. The quantitative estimate of drug-likeness (QED) is 0.417. The molecule has 0 aliphatic heterocycles. The highest BCUT2D eigenvalue weighted by atomic mass is 32.1. The molecule has 0 saturated carbocycles. The molecule has 0 aliphatic carbocycles. The van der Waals surface area contributed by atoms with Gasteiger partial charge in [-0.25, -0.2) is 0 Å². The SMILES string of the molecule is CCOc1ccc(C(=O)NN(C)C(=S)NCCCOC)cc1OC. The van der Waals surface area contributed by atoms with Gasteiger partial charge in [0.05, 0.1) is 13.7 Å². The molecule has 0 fully saturated rings. The van der Waals surface area contributed by atoms with Gasteiger partial charge in [0.15, 0.2) is 16.6 Å². The lowest BCUT2D eigenvalue weighted by molar-refractivity contribution is 0.0886. The van der Waals surface area contributed by atoms with E-state index in [0.29, 0.717) is 41.9 Å². The van der Waals surface area contributed by atoms with E-state index < -0.39 is 0 Å². The van der Waals surface area contributed by atoms with Crippen LogP contribution in [0.15, 0.2) is 18.2 Å². The van der Waals surface area contributed by atoms with Gasteiger partial charge in [0, 0.05) is 32.9 Å². The zero-order chi connectivity index (χ0) is 17.9. The van der Waals surface area contributed by atoms with Crippen LogP contribution in [-0.2, 0) is 4.74 Å². The molecule has 24 heavy (non-hydrogen) atoms. The van der Waals surface area contributed by atoms with E-state index in [1.54, 1.807) is 32.4 Å². The summed E-state index contributed by atoms with van der Waals surface area (Å²) in [5, 5.41) is 4.93. The van der Waals surface area contributed by atoms with Crippen LogP contribution in [0.25, 0.3) is 0 Å². The number of carbonyl (C=O) groups excluding carboxylic acids is 1. The predicted octanol–water partition coefficient (Wildman–Crippen LogP) is 1.58. The van der Waals surface area contributed by atoms with Crippen LogP contribution >= 0.6 is 12.2 Å². The maximum Gasteiger partial charge on any atom is 0.269 e. The summed E-state index contributed by atoms with van der Waals surface area (Å²) in [6.45, 7) is 3.73. The Balaban J connectivity index is 2.61. The second-order valence-corrected chi connectivity index (χ2v) is 5.26. The molecule has 1 aromatic rings. The smallest absolute Gasteiger partial charge is 0.269 e. The maximum atomic E-state index is 12.3. The highest BCUT2D eigenvalue weighted by molar-refractivity contribution is 7.80. The Bertz CT molecular complexity index is 554. The van der Waals surface area contributed by atoms with Gasteiger partial charge in [-0.05, 0) is 43.8 Å². The lowest BCUT2D eigenvalue weighted by atomic mass is 10.2. The third-order valence-corrected chi connectivity index (χ3v) is 3.52. The van der Waals surface area contributed by atoms with E-state index >= 15 is 0 Å². The minimum Gasteiger partial charge on any atom is -0.493 e. The Morgan fingerprint density at radius 1 is 1.29 bits per heavy atom. The molecule has 1 rings (SSSR count). The average Bonchev–Trinajstić information content (AvgIpc) is 2.58. The molecule has 1 aromatic carbocycles. The molecular weight excluding hydrogens is 330 g/mol. The normalized spacial score (nSPS) is 10.0. The van der Waals surface area contributed by atoms with Crippen molar-refractivity contribution >= 4 is 23.2 Å². The number of ether oxygens (including phenoxy) is 3. The molecule has 0 spiro atoms. The zero-order valence-corrected chi connectivity index (χ0v) is 15.4. The molecule has 2 N–H and O–H groups in total. The van der Waals surface area contributed by atoms with Crippen molar-refractivity contribution in [2.24, 2.45) is 0 Å². The van der Waals surface area contributed by atoms with E-state index in [-0.39, 0.29) is 5.91 Å². The van der Waals surface area contributed by atoms with Gasteiger partial charge >= 0.3 is 0 Å². The van der Waals surface area contributed by atoms with Crippen molar-refractivity contribution in [3.8, 4) is 11.5 Å². The standard InChI is InChI=1S/C16H25N3O4S/c1-5-23-13-8-7-12(11-14(13)22-4)15(20)18-19(2)16(24)17-9-6-10-21-3/h7-8,11H,5-6,9-10H2,1-4H3,(H,17,24)(H,18,20). The Hall–Kier alpha value is -2.06. The summed E-state index contributed by atoms with van der Waals surface area (Å²) in [7, 11) is 4.86. The zero-order valence-electron chi connectivity index (χ0n) is 14.5. The predicted molar refractivity (Wildman–Crippen MR) is 96.5 cm³/mol. The van der Waals surface area contributed by atoms with Crippen molar-refractivity contribution < 1.29 is 19.0 Å². The van der Waals surface area contributed by atoms with Crippen LogP contribution in [-0.4, -0.2) is 57.1 Å². The first kappa shape index (κ1) is 20.0. The van der Waals surface area contributed by atoms with Crippen LogP contribution in [0.5, 0.6) is 11.5 Å². The second kappa shape index (κ2) is 10.7. The molecule has 1 amide bonds. The van der Waals surface area contributed by atoms with Gasteiger partial charge in [0.25, 0.3) is 5.91 Å². The number of methoxy groups -OCH3 is 2. The number of thiocarbonyl (C=S) groups is 1. The number of hydrogen-bond donors (Lipinski definition) is 2. The molecule has 134 valence electrons. The molecule has 0 unspecified atom stereocenters.